The second kappa shape index (κ2) is 11.1. The third kappa shape index (κ3) is 7.35. The summed E-state index contributed by atoms with van der Waals surface area (Å²) >= 11 is 0. The summed E-state index contributed by atoms with van der Waals surface area (Å²) in [5.74, 6) is 0.829. The fourth-order valence-electron chi connectivity index (χ4n) is 2.43. The molecule has 132 valence electrons. The molecule has 2 aromatic rings. The van der Waals surface area contributed by atoms with Crippen LogP contribution in [0.15, 0.2) is 53.8 Å². The molecule has 0 spiro atoms. The van der Waals surface area contributed by atoms with E-state index in [0.29, 0.717) is 0 Å². The van der Waals surface area contributed by atoms with Crippen LogP contribution in [0.5, 0.6) is 0 Å². The van der Waals surface area contributed by atoms with Crippen LogP contribution in [0.1, 0.15) is 11.1 Å². The molecular weight excluding hydrogens is 413 g/mol. The monoisotopic (exact) mass is 441 g/mol. The first kappa shape index (κ1) is 20.5. The zero-order valence-electron chi connectivity index (χ0n) is 14.7. The Balaban J connectivity index is 0.00000288. The molecule has 0 radical (unpaired) electrons. The first-order valence-corrected chi connectivity index (χ1v) is 7.95. The molecule has 1 aromatic carbocycles. The lowest BCUT2D eigenvalue weighted by Gasteiger charge is -2.14. The van der Waals surface area contributed by atoms with E-state index in [4.69, 9.17) is 0 Å². The molecule has 0 amide bonds. The summed E-state index contributed by atoms with van der Waals surface area (Å²) in [5, 5.41) is 6.70. The molecule has 2 N–H and O–H groups in total. The van der Waals surface area contributed by atoms with Crippen molar-refractivity contribution in [3.05, 3.63) is 59.9 Å². The first-order chi connectivity index (χ1) is 11.2. The van der Waals surface area contributed by atoms with Gasteiger partial charge in [0, 0.05) is 45.6 Å². The van der Waals surface area contributed by atoms with E-state index in [1.54, 1.807) is 7.05 Å². The molecule has 1 aromatic heterocycles. The van der Waals surface area contributed by atoms with Gasteiger partial charge in [-0.15, -0.1) is 24.0 Å². The molecule has 0 fully saturated rings. The zero-order valence-corrected chi connectivity index (χ0v) is 17.0. The highest BCUT2D eigenvalue weighted by molar-refractivity contribution is 14.0. The Bertz CT molecular complexity index is 608. The number of hydrogen-bond acceptors (Lipinski definition) is 2. The zero-order chi connectivity index (χ0) is 16.5. The molecule has 0 saturated carbocycles. The van der Waals surface area contributed by atoms with E-state index in [-0.39, 0.29) is 24.0 Å². The van der Waals surface area contributed by atoms with Gasteiger partial charge in [-0.05, 0) is 37.4 Å². The van der Waals surface area contributed by atoms with Crippen LogP contribution in [0.4, 0.5) is 0 Å². The minimum absolute atomic E-state index is 0. The van der Waals surface area contributed by atoms with Gasteiger partial charge in [0.2, 0.25) is 0 Å². The highest BCUT2D eigenvalue weighted by atomic mass is 127. The molecule has 24 heavy (non-hydrogen) atoms. The third-order valence-corrected chi connectivity index (χ3v) is 3.50. The van der Waals surface area contributed by atoms with Gasteiger partial charge in [0.25, 0.3) is 0 Å². The molecule has 1 heterocycles. The molecule has 5 nitrogen and oxygen atoms in total. The summed E-state index contributed by atoms with van der Waals surface area (Å²) in [5.41, 5.74) is 2.59. The average molecular weight is 441 g/mol. The van der Waals surface area contributed by atoms with Crippen molar-refractivity contribution in [3.8, 4) is 0 Å². The molecule has 0 unspecified atom stereocenters. The highest BCUT2D eigenvalue weighted by Crippen LogP contribution is 2.06. The highest BCUT2D eigenvalue weighted by Gasteiger charge is 2.00. The summed E-state index contributed by atoms with van der Waals surface area (Å²) in [6.07, 6.45) is 4.13. The Morgan fingerprint density at radius 1 is 1.08 bits per heavy atom. The number of hydrogen-bond donors (Lipinski definition) is 2. The smallest absolute Gasteiger partial charge is 0.191 e. The lowest BCUT2D eigenvalue weighted by Crippen LogP contribution is -2.38. The van der Waals surface area contributed by atoms with Gasteiger partial charge in [-0.1, -0.05) is 24.3 Å². The number of guanidine groups is 1. The van der Waals surface area contributed by atoms with Crippen LogP contribution in [0.2, 0.25) is 0 Å². The van der Waals surface area contributed by atoms with E-state index in [0.717, 1.165) is 32.1 Å². The number of rotatable bonds is 7. The van der Waals surface area contributed by atoms with E-state index in [1.807, 2.05) is 12.1 Å². The Morgan fingerprint density at radius 3 is 2.46 bits per heavy atom. The Kier molecular flexibility index (Phi) is 9.48. The van der Waals surface area contributed by atoms with Gasteiger partial charge in [-0.3, -0.25) is 4.99 Å². The number of benzene rings is 1. The fourth-order valence-corrected chi connectivity index (χ4v) is 2.43. The van der Waals surface area contributed by atoms with E-state index >= 15 is 0 Å². The van der Waals surface area contributed by atoms with Gasteiger partial charge < -0.3 is 20.1 Å². The molecular formula is C18H28IN5. The lowest BCUT2D eigenvalue weighted by atomic mass is 10.1. The Labute approximate surface area is 162 Å². The maximum Gasteiger partial charge on any atom is 0.191 e. The van der Waals surface area contributed by atoms with Gasteiger partial charge in [-0.2, -0.15) is 0 Å². The summed E-state index contributed by atoms with van der Waals surface area (Å²) in [6, 6.07) is 12.7. The summed E-state index contributed by atoms with van der Waals surface area (Å²) in [6.45, 7) is 3.49. The van der Waals surface area contributed by atoms with Crippen molar-refractivity contribution in [2.45, 2.75) is 19.6 Å². The second-order valence-corrected chi connectivity index (χ2v) is 5.83. The fraction of sp³-hybridized carbons (Fsp3) is 0.389. The number of halogens is 1. The third-order valence-electron chi connectivity index (χ3n) is 3.50. The minimum Gasteiger partial charge on any atom is -0.355 e. The van der Waals surface area contributed by atoms with E-state index in [1.165, 1.54) is 11.1 Å². The predicted octanol–water partition coefficient (Wildman–Crippen LogP) is 2.53. The molecule has 0 aliphatic carbocycles. The Morgan fingerprint density at radius 2 is 1.79 bits per heavy atom. The van der Waals surface area contributed by atoms with Crippen LogP contribution in [0, 0.1) is 0 Å². The van der Waals surface area contributed by atoms with Crippen LogP contribution < -0.4 is 10.6 Å². The second-order valence-electron chi connectivity index (χ2n) is 5.83. The normalized spacial score (nSPS) is 11.2. The minimum atomic E-state index is 0. The topological polar surface area (TPSA) is 44.6 Å². The molecule has 0 bridgehead atoms. The van der Waals surface area contributed by atoms with Crippen molar-refractivity contribution in [1.29, 1.82) is 0 Å². The molecule has 2 rings (SSSR count). The van der Waals surface area contributed by atoms with Gasteiger partial charge in [0.15, 0.2) is 5.96 Å². The van der Waals surface area contributed by atoms with E-state index < -0.39 is 0 Å². The van der Waals surface area contributed by atoms with Crippen molar-refractivity contribution < 1.29 is 0 Å². The van der Waals surface area contributed by atoms with Gasteiger partial charge >= 0.3 is 0 Å². The largest absolute Gasteiger partial charge is 0.355 e. The number of aromatic nitrogens is 1. The average Bonchev–Trinajstić information content (AvgIpc) is 3.03. The maximum atomic E-state index is 4.27. The summed E-state index contributed by atoms with van der Waals surface area (Å²) in [7, 11) is 5.97. The summed E-state index contributed by atoms with van der Waals surface area (Å²) < 4.78 is 2.14. The van der Waals surface area contributed by atoms with E-state index in [9.17, 15) is 0 Å². The van der Waals surface area contributed by atoms with Crippen LogP contribution in [-0.4, -0.2) is 43.1 Å². The van der Waals surface area contributed by atoms with Crippen molar-refractivity contribution in [3.63, 3.8) is 0 Å². The Hall–Kier alpha value is -1.54. The first-order valence-electron chi connectivity index (χ1n) is 7.95. The van der Waals surface area contributed by atoms with Crippen LogP contribution in [0.25, 0.3) is 0 Å². The summed E-state index contributed by atoms with van der Waals surface area (Å²) in [4.78, 5) is 6.44. The van der Waals surface area contributed by atoms with Crippen LogP contribution >= 0.6 is 24.0 Å². The van der Waals surface area contributed by atoms with Crippen LogP contribution in [-0.2, 0) is 19.6 Å². The van der Waals surface area contributed by atoms with Crippen LogP contribution in [0.3, 0.4) is 0 Å². The van der Waals surface area contributed by atoms with Crippen molar-refractivity contribution in [2.75, 3.05) is 27.7 Å². The number of nitrogens with zero attached hydrogens (tertiary/aromatic N) is 3. The van der Waals surface area contributed by atoms with Crippen molar-refractivity contribution >= 4 is 29.9 Å². The van der Waals surface area contributed by atoms with Crippen molar-refractivity contribution in [2.24, 2.45) is 4.99 Å². The number of nitrogens with one attached hydrogen (secondary N) is 2. The lowest BCUT2D eigenvalue weighted by molar-refractivity contribution is 0.402. The molecule has 0 saturated heterocycles. The molecule has 0 atom stereocenters. The number of aliphatic imine (C=N–C) groups is 1. The van der Waals surface area contributed by atoms with Gasteiger partial charge in [0.05, 0.1) is 0 Å². The molecule has 6 heteroatoms. The quantitative estimate of drug-likeness (QED) is 0.395. The molecule has 0 aliphatic rings. The molecule has 0 aliphatic heterocycles. The standard InChI is InChI=1S/C18H27N5.HI/c1-19-18(20-9-12-23-10-4-5-11-23)21-14-16-7-6-8-17(13-16)15-22(2)3;/h4-8,10-11,13H,9,12,14-15H2,1-3H3,(H2,19,20,21);1H. The van der Waals surface area contributed by atoms with Gasteiger partial charge in [-0.25, -0.2) is 0 Å². The maximum absolute atomic E-state index is 4.27. The van der Waals surface area contributed by atoms with Gasteiger partial charge in [0.1, 0.15) is 0 Å². The SMILES string of the molecule is CN=C(NCCn1cccc1)NCc1cccc(CN(C)C)c1.I. The van der Waals surface area contributed by atoms with Crippen molar-refractivity contribution in [1.82, 2.24) is 20.1 Å². The van der Waals surface area contributed by atoms with E-state index in [2.05, 4.69) is 75.8 Å². The predicted molar refractivity (Wildman–Crippen MR) is 112 cm³/mol.